The Hall–Kier alpha value is -1.02. The van der Waals surface area contributed by atoms with Crippen molar-refractivity contribution in [3.05, 3.63) is 45.0 Å². The first-order valence-corrected chi connectivity index (χ1v) is 8.22. The van der Waals surface area contributed by atoms with Gasteiger partial charge in [-0.2, -0.15) is 0 Å². The lowest BCUT2D eigenvalue weighted by Gasteiger charge is -2.11. The predicted molar refractivity (Wildman–Crippen MR) is 83.6 cm³/mol. The van der Waals surface area contributed by atoms with Crippen LogP contribution in [0.4, 0.5) is 11.5 Å². The lowest BCUT2D eigenvalue weighted by Crippen LogP contribution is -2.13. The van der Waals surface area contributed by atoms with E-state index in [1.165, 1.54) is 18.2 Å². The van der Waals surface area contributed by atoms with Crippen LogP contribution in [0.1, 0.15) is 0 Å². The Kier molecular flexibility index (Phi) is 4.43. The Balaban J connectivity index is 2.38. The molecule has 2 aromatic rings. The van der Waals surface area contributed by atoms with Gasteiger partial charge in [0.2, 0.25) is 0 Å². The quantitative estimate of drug-likeness (QED) is 0.777. The number of nitrogens with zero attached hydrogens (tertiary/aromatic N) is 1. The van der Waals surface area contributed by atoms with Crippen molar-refractivity contribution in [3.63, 3.8) is 0 Å². The summed E-state index contributed by atoms with van der Waals surface area (Å²) in [5.74, 6) is 0.230. The van der Waals surface area contributed by atoms with Gasteiger partial charge in [-0.3, -0.25) is 4.72 Å². The zero-order valence-corrected chi connectivity index (χ0v) is 13.7. The van der Waals surface area contributed by atoms with Crippen molar-refractivity contribution in [3.8, 4) is 0 Å². The fourth-order valence-electron chi connectivity index (χ4n) is 1.36. The molecule has 1 heterocycles. The topological polar surface area (TPSA) is 85.1 Å². The number of hydrogen-bond donors (Lipinski definition) is 2. The van der Waals surface area contributed by atoms with Gasteiger partial charge in [-0.05, 0) is 40.2 Å². The number of halogens is 3. The van der Waals surface area contributed by atoms with E-state index in [9.17, 15) is 8.42 Å². The minimum absolute atomic E-state index is 0.0261. The Bertz CT molecular complexity index is 751. The van der Waals surface area contributed by atoms with Crippen molar-refractivity contribution < 1.29 is 8.42 Å². The number of nitrogens with two attached hydrogens (primary N) is 1. The van der Waals surface area contributed by atoms with Gasteiger partial charge in [0.05, 0.1) is 15.7 Å². The van der Waals surface area contributed by atoms with Gasteiger partial charge in [0.15, 0.2) is 0 Å². The molecular formula is C11H8BrCl2N3O2S. The van der Waals surface area contributed by atoms with Crippen LogP contribution < -0.4 is 10.5 Å². The van der Waals surface area contributed by atoms with Crippen LogP contribution in [0.15, 0.2) is 39.8 Å². The molecule has 0 bridgehead atoms. The summed E-state index contributed by atoms with van der Waals surface area (Å²) < 4.78 is 27.2. The summed E-state index contributed by atoms with van der Waals surface area (Å²) in [4.78, 5) is 3.71. The second-order valence-electron chi connectivity index (χ2n) is 3.75. The van der Waals surface area contributed by atoms with Crippen LogP contribution in [0.3, 0.4) is 0 Å². The Morgan fingerprint density at radius 2 is 1.85 bits per heavy atom. The van der Waals surface area contributed by atoms with Gasteiger partial charge in [-0.15, -0.1) is 0 Å². The smallest absolute Gasteiger partial charge is 0.263 e. The molecule has 0 amide bonds. The number of hydrogen-bond acceptors (Lipinski definition) is 4. The zero-order chi connectivity index (χ0) is 14.9. The van der Waals surface area contributed by atoms with Gasteiger partial charge in [-0.1, -0.05) is 23.2 Å². The molecule has 0 unspecified atom stereocenters. The number of pyridine rings is 1. The van der Waals surface area contributed by atoms with Crippen LogP contribution >= 0.6 is 39.1 Å². The van der Waals surface area contributed by atoms with Crippen molar-refractivity contribution in [2.45, 2.75) is 4.90 Å². The van der Waals surface area contributed by atoms with Crippen LogP contribution in [-0.4, -0.2) is 13.4 Å². The van der Waals surface area contributed by atoms with Crippen molar-refractivity contribution >= 4 is 60.7 Å². The SMILES string of the molecule is Nc1ccc(S(=O)(=O)Nc2ccc(Br)c(Cl)c2Cl)cn1. The molecule has 0 saturated heterocycles. The van der Waals surface area contributed by atoms with Crippen molar-refractivity contribution in [1.82, 2.24) is 4.98 Å². The fourth-order valence-corrected chi connectivity index (χ4v) is 3.25. The number of nitrogen functional groups attached to an aromatic ring is 1. The maximum Gasteiger partial charge on any atom is 0.263 e. The van der Waals surface area contributed by atoms with Crippen molar-refractivity contribution in [2.75, 3.05) is 10.5 Å². The fraction of sp³-hybridized carbons (Fsp3) is 0. The van der Waals surface area contributed by atoms with E-state index >= 15 is 0 Å². The molecule has 0 atom stereocenters. The molecule has 3 N–H and O–H groups in total. The second kappa shape index (κ2) is 5.77. The third-order valence-electron chi connectivity index (χ3n) is 2.35. The van der Waals surface area contributed by atoms with Crippen LogP contribution in [0.2, 0.25) is 10.0 Å². The van der Waals surface area contributed by atoms with Gasteiger partial charge >= 0.3 is 0 Å². The highest BCUT2D eigenvalue weighted by Gasteiger charge is 2.18. The van der Waals surface area contributed by atoms with Gasteiger partial charge in [0.1, 0.15) is 10.7 Å². The third-order valence-corrected chi connectivity index (χ3v) is 5.47. The third kappa shape index (κ3) is 3.17. The highest BCUT2D eigenvalue weighted by molar-refractivity contribution is 9.10. The number of rotatable bonds is 3. The molecule has 0 saturated carbocycles. The standard InChI is InChI=1S/C11H8BrCl2N3O2S/c12-7-2-3-8(11(14)10(7)13)17-20(18,19)6-1-4-9(15)16-5-6/h1-5,17H,(H2,15,16). The molecule has 0 aliphatic heterocycles. The largest absolute Gasteiger partial charge is 0.384 e. The number of nitrogens with one attached hydrogen (secondary N) is 1. The number of sulfonamides is 1. The van der Waals surface area contributed by atoms with E-state index in [0.717, 1.165) is 6.20 Å². The molecule has 1 aromatic heterocycles. The maximum absolute atomic E-state index is 12.2. The molecule has 9 heteroatoms. The maximum atomic E-state index is 12.2. The molecular weight excluding hydrogens is 389 g/mol. The lowest BCUT2D eigenvalue weighted by atomic mass is 10.3. The molecule has 0 fully saturated rings. The van der Waals surface area contributed by atoms with E-state index < -0.39 is 10.0 Å². The first-order valence-electron chi connectivity index (χ1n) is 5.19. The van der Waals surface area contributed by atoms with E-state index in [0.29, 0.717) is 4.47 Å². The highest BCUT2D eigenvalue weighted by atomic mass is 79.9. The summed E-state index contributed by atoms with van der Waals surface area (Å²) in [6, 6.07) is 5.83. The number of benzene rings is 1. The minimum Gasteiger partial charge on any atom is -0.384 e. The monoisotopic (exact) mass is 395 g/mol. The first kappa shape index (κ1) is 15.4. The van der Waals surface area contributed by atoms with Crippen LogP contribution in [0, 0.1) is 0 Å². The summed E-state index contributed by atoms with van der Waals surface area (Å²) in [5, 5.41) is 0.329. The van der Waals surface area contributed by atoms with E-state index in [1.807, 2.05) is 0 Å². The summed E-state index contributed by atoms with van der Waals surface area (Å²) in [6.07, 6.45) is 1.16. The van der Waals surface area contributed by atoms with Gasteiger partial charge in [0.25, 0.3) is 10.0 Å². The second-order valence-corrected chi connectivity index (χ2v) is 7.04. The number of aromatic nitrogens is 1. The lowest BCUT2D eigenvalue weighted by molar-refractivity contribution is 0.601. The normalized spacial score (nSPS) is 11.3. The van der Waals surface area contributed by atoms with Crippen molar-refractivity contribution in [1.29, 1.82) is 0 Å². The Morgan fingerprint density at radius 3 is 2.45 bits per heavy atom. The Labute approximate surface area is 134 Å². The van der Waals surface area contributed by atoms with Crippen LogP contribution in [0.25, 0.3) is 0 Å². The van der Waals surface area contributed by atoms with Gasteiger partial charge < -0.3 is 5.73 Å². The van der Waals surface area contributed by atoms with Crippen molar-refractivity contribution in [2.24, 2.45) is 0 Å². The van der Waals surface area contributed by atoms with Gasteiger partial charge in [0, 0.05) is 10.7 Å². The average molecular weight is 397 g/mol. The first-order chi connectivity index (χ1) is 9.31. The van der Waals surface area contributed by atoms with E-state index in [1.54, 1.807) is 6.07 Å². The minimum atomic E-state index is -3.81. The molecule has 5 nitrogen and oxygen atoms in total. The summed E-state index contributed by atoms with van der Waals surface area (Å²) in [6.45, 7) is 0. The molecule has 0 radical (unpaired) electrons. The average Bonchev–Trinajstić information content (AvgIpc) is 2.40. The van der Waals surface area contributed by atoms with E-state index in [-0.39, 0.29) is 26.4 Å². The number of anilines is 2. The highest BCUT2D eigenvalue weighted by Crippen LogP contribution is 2.36. The molecule has 0 aliphatic rings. The molecule has 1 aromatic carbocycles. The Morgan fingerprint density at radius 1 is 1.15 bits per heavy atom. The van der Waals surface area contributed by atoms with Crippen LogP contribution in [0.5, 0.6) is 0 Å². The van der Waals surface area contributed by atoms with Gasteiger partial charge in [-0.25, -0.2) is 13.4 Å². The zero-order valence-electron chi connectivity index (χ0n) is 9.77. The van der Waals surface area contributed by atoms with E-state index in [4.69, 9.17) is 28.9 Å². The molecule has 0 aliphatic carbocycles. The molecule has 2 rings (SSSR count). The molecule has 20 heavy (non-hydrogen) atoms. The summed E-state index contributed by atoms with van der Waals surface area (Å²) in [5.41, 5.74) is 5.59. The predicted octanol–water partition coefficient (Wildman–Crippen LogP) is 3.53. The van der Waals surface area contributed by atoms with Crippen LogP contribution in [-0.2, 0) is 10.0 Å². The molecule has 106 valence electrons. The van der Waals surface area contributed by atoms with E-state index in [2.05, 4.69) is 25.6 Å². The summed E-state index contributed by atoms with van der Waals surface area (Å²) in [7, 11) is -3.81. The summed E-state index contributed by atoms with van der Waals surface area (Å²) >= 11 is 15.1. The molecule has 0 spiro atoms.